The predicted octanol–water partition coefficient (Wildman–Crippen LogP) is 2.27. The van der Waals surface area contributed by atoms with Gasteiger partial charge in [-0.05, 0) is 12.3 Å². The molecule has 0 amide bonds. The van der Waals surface area contributed by atoms with Gasteiger partial charge in [0.1, 0.15) is 0 Å². The van der Waals surface area contributed by atoms with Crippen LogP contribution in [0.15, 0.2) is 4.52 Å². The minimum atomic E-state index is 0.235. The van der Waals surface area contributed by atoms with Gasteiger partial charge in [-0.25, -0.2) is 0 Å². The molecule has 0 bridgehead atoms. The Balaban J connectivity index is 2.34. The summed E-state index contributed by atoms with van der Waals surface area (Å²) in [5.41, 5.74) is 0. The van der Waals surface area contributed by atoms with Gasteiger partial charge < -0.3 is 9.63 Å². The van der Waals surface area contributed by atoms with Crippen LogP contribution in [0.4, 0.5) is 0 Å². The van der Waals surface area contributed by atoms with Crippen molar-refractivity contribution in [1.82, 2.24) is 10.1 Å². The van der Waals surface area contributed by atoms with E-state index < -0.39 is 0 Å². The average molecular weight is 244 g/mol. The fraction of sp³-hybridized carbons (Fsp3) is 0.818. The summed E-state index contributed by atoms with van der Waals surface area (Å²) in [6, 6.07) is 0. The fourth-order valence-electron chi connectivity index (χ4n) is 1.26. The van der Waals surface area contributed by atoms with E-state index in [1.165, 1.54) is 0 Å². The summed E-state index contributed by atoms with van der Waals surface area (Å²) in [6.45, 7) is 6.58. The molecule has 0 saturated heterocycles. The molecule has 1 N–H and O–H groups in total. The topological polar surface area (TPSA) is 59.2 Å². The molecule has 0 aliphatic rings. The van der Waals surface area contributed by atoms with Crippen LogP contribution in [0.3, 0.4) is 0 Å². The van der Waals surface area contributed by atoms with Crippen molar-refractivity contribution in [2.45, 2.75) is 44.6 Å². The Labute approximate surface area is 101 Å². The van der Waals surface area contributed by atoms with Crippen LogP contribution in [0.2, 0.25) is 0 Å². The van der Waals surface area contributed by atoms with E-state index in [1.807, 2.05) is 0 Å². The third kappa shape index (κ3) is 4.99. The molecule has 1 atom stereocenters. The van der Waals surface area contributed by atoms with E-state index in [4.69, 9.17) is 9.63 Å². The van der Waals surface area contributed by atoms with E-state index >= 15 is 0 Å². The maximum atomic E-state index is 8.77. The van der Waals surface area contributed by atoms with Crippen LogP contribution in [-0.2, 0) is 12.2 Å². The monoisotopic (exact) mass is 244 g/mol. The van der Waals surface area contributed by atoms with E-state index in [-0.39, 0.29) is 6.61 Å². The molecule has 0 saturated carbocycles. The normalized spacial score (nSPS) is 13.3. The van der Waals surface area contributed by atoms with E-state index in [9.17, 15) is 0 Å². The molecule has 16 heavy (non-hydrogen) atoms. The van der Waals surface area contributed by atoms with Crippen molar-refractivity contribution in [3.05, 3.63) is 11.7 Å². The molecule has 1 rings (SSSR count). The second-order valence-electron chi connectivity index (χ2n) is 4.34. The molecule has 0 aliphatic heterocycles. The van der Waals surface area contributed by atoms with Crippen molar-refractivity contribution in [3.63, 3.8) is 0 Å². The zero-order chi connectivity index (χ0) is 12.0. The lowest BCUT2D eigenvalue weighted by Crippen LogP contribution is -2.00. The Morgan fingerprint density at radius 3 is 2.75 bits per heavy atom. The van der Waals surface area contributed by atoms with Gasteiger partial charge in [-0.2, -0.15) is 16.7 Å². The second-order valence-corrected chi connectivity index (χ2v) is 5.76. The summed E-state index contributed by atoms with van der Waals surface area (Å²) < 4.78 is 5.14. The summed E-state index contributed by atoms with van der Waals surface area (Å²) in [5.74, 6) is 2.77. The molecular weight excluding hydrogens is 224 g/mol. The van der Waals surface area contributed by atoms with Crippen molar-refractivity contribution in [2.24, 2.45) is 5.92 Å². The molecule has 5 heteroatoms. The summed E-state index contributed by atoms with van der Waals surface area (Å²) >= 11 is 1.74. The summed E-state index contributed by atoms with van der Waals surface area (Å²) in [6.07, 6.45) is 1.64. The lowest BCUT2D eigenvalue weighted by molar-refractivity contribution is 0.289. The number of hydrogen-bond donors (Lipinski definition) is 1. The van der Waals surface area contributed by atoms with Crippen LogP contribution < -0.4 is 0 Å². The molecule has 0 fully saturated rings. The van der Waals surface area contributed by atoms with Crippen LogP contribution in [0.5, 0.6) is 0 Å². The largest absolute Gasteiger partial charge is 0.396 e. The van der Waals surface area contributed by atoms with Crippen molar-refractivity contribution in [3.8, 4) is 0 Å². The molecule has 0 spiro atoms. The first-order chi connectivity index (χ1) is 7.61. The Kier molecular flexibility index (Phi) is 5.84. The maximum Gasteiger partial charge on any atom is 0.226 e. The Hall–Kier alpha value is -0.550. The third-order valence-electron chi connectivity index (χ3n) is 2.13. The third-order valence-corrected chi connectivity index (χ3v) is 3.36. The zero-order valence-electron chi connectivity index (χ0n) is 10.1. The molecular formula is C11H20N2O2S. The number of aromatic nitrogens is 2. The van der Waals surface area contributed by atoms with Gasteiger partial charge in [0, 0.05) is 18.3 Å². The minimum absolute atomic E-state index is 0.235. The molecule has 0 aromatic carbocycles. The van der Waals surface area contributed by atoms with E-state index in [1.54, 1.807) is 11.8 Å². The average Bonchev–Trinajstić information content (AvgIpc) is 2.62. The standard InChI is InChI=1S/C11H20N2O2S/c1-8(2)6-11-12-10(13-15-11)7-16-9(3)4-5-14/h8-9,14H,4-7H2,1-3H3/t9-/m1/s1. The molecule has 92 valence electrons. The molecule has 0 radical (unpaired) electrons. The Bertz CT molecular complexity index is 302. The van der Waals surface area contributed by atoms with Gasteiger partial charge >= 0.3 is 0 Å². The summed E-state index contributed by atoms with van der Waals surface area (Å²) in [7, 11) is 0. The number of aliphatic hydroxyl groups excluding tert-OH is 1. The van der Waals surface area contributed by atoms with Crippen molar-refractivity contribution < 1.29 is 9.63 Å². The maximum absolute atomic E-state index is 8.77. The van der Waals surface area contributed by atoms with Crippen LogP contribution >= 0.6 is 11.8 Å². The molecule has 0 aliphatic carbocycles. The van der Waals surface area contributed by atoms with Crippen molar-refractivity contribution in [1.29, 1.82) is 0 Å². The summed E-state index contributed by atoms with van der Waals surface area (Å²) in [5, 5.41) is 13.1. The highest BCUT2D eigenvalue weighted by molar-refractivity contribution is 7.99. The summed E-state index contributed by atoms with van der Waals surface area (Å²) in [4.78, 5) is 4.32. The first-order valence-electron chi connectivity index (χ1n) is 5.65. The minimum Gasteiger partial charge on any atom is -0.396 e. The van der Waals surface area contributed by atoms with Gasteiger partial charge in [0.25, 0.3) is 0 Å². The first-order valence-corrected chi connectivity index (χ1v) is 6.70. The van der Waals surface area contributed by atoms with Gasteiger partial charge in [-0.3, -0.25) is 0 Å². The van der Waals surface area contributed by atoms with Crippen LogP contribution in [0, 0.1) is 5.92 Å². The van der Waals surface area contributed by atoms with Crippen LogP contribution in [0.25, 0.3) is 0 Å². The Morgan fingerprint density at radius 2 is 2.12 bits per heavy atom. The fourth-order valence-corrected chi connectivity index (χ4v) is 2.09. The van der Waals surface area contributed by atoms with Gasteiger partial charge in [0.2, 0.25) is 5.89 Å². The molecule has 0 unspecified atom stereocenters. The molecule has 1 aromatic heterocycles. The van der Waals surface area contributed by atoms with Gasteiger partial charge in [0.05, 0.1) is 5.75 Å². The van der Waals surface area contributed by atoms with Gasteiger partial charge in [0.15, 0.2) is 5.82 Å². The highest BCUT2D eigenvalue weighted by Crippen LogP contribution is 2.18. The van der Waals surface area contributed by atoms with Crippen molar-refractivity contribution >= 4 is 11.8 Å². The number of thioether (sulfide) groups is 1. The highest BCUT2D eigenvalue weighted by atomic mass is 32.2. The smallest absolute Gasteiger partial charge is 0.226 e. The predicted molar refractivity (Wildman–Crippen MR) is 65.3 cm³/mol. The molecule has 1 heterocycles. The number of aliphatic hydroxyl groups is 1. The van der Waals surface area contributed by atoms with Gasteiger partial charge in [-0.15, -0.1) is 0 Å². The van der Waals surface area contributed by atoms with Crippen molar-refractivity contribution in [2.75, 3.05) is 6.61 Å². The molecule has 1 aromatic rings. The SMILES string of the molecule is CC(C)Cc1nc(CS[C@H](C)CCO)no1. The number of nitrogens with zero attached hydrogens (tertiary/aromatic N) is 2. The lowest BCUT2D eigenvalue weighted by atomic mass is 10.1. The second kappa shape index (κ2) is 6.91. The van der Waals surface area contributed by atoms with Gasteiger partial charge in [-0.1, -0.05) is 25.9 Å². The van der Waals surface area contributed by atoms with Crippen LogP contribution in [0.1, 0.15) is 38.9 Å². The van der Waals surface area contributed by atoms with Crippen LogP contribution in [-0.4, -0.2) is 27.1 Å². The Morgan fingerprint density at radius 1 is 1.38 bits per heavy atom. The van der Waals surface area contributed by atoms with E-state index in [0.29, 0.717) is 11.2 Å². The van der Waals surface area contributed by atoms with E-state index in [0.717, 1.165) is 30.3 Å². The highest BCUT2D eigenvalue weighted by Gasteiger charge is 2.09. The van der Waals surface area contributed by atoms with E-state index in [2.05, 4.69) is 30.9 Å². The zero-order valence-corrected chi connectivity index (χ0v) is 11.0. The number of rotatable bonds is 7. The molecule has 4 nitrogen and oxygen atoms in total. The first kappa shape index (κ1) is 13.5. The number of hydrogen-bond acceptors (Lipinski definition) is 5. The quantitative estimate of drug-likeness (QED) is 0.797. The lowest BCUT2D eigenvalue weighted by Gasteiger charge is -2.06.